The van der Waals surface area contributed by atoms with Crippen molar-refractivity contribution in [1.29, 1.82) is 0 Å². The van der Waals surface area contributed by atoms with Crippen LogP contribution in [0, 0.1) is 6.92 Å². The van der Waals surface area contributed by atoms with E-state index in [2.05, 4.69) is 15.3 Å². The van der Waals surface area contributed by atoms with Crippen molar-refractivity contribution in [2.24, 2.45) is 0 Å². The number of thiophene rings is 1. The number of rotatable bonds is 3. The van der Waals surface area contributed by atoms with E-state index in [-0.39, 0.29) is 4.88 Å². The third-order valence-corrected chi connectivity index (χ3v) is 3.89. The number of anilines is 2. The third-order valence-electron chi connectivity index (χ3n) is 2.85. The Balaban J connectivity index is 2.02. The van der Waals surface area contributed by atoms with Gasteiger partial charge in [0.2, 0.25) is 0 Å². The van der Waals surface area contributed by atoms with Gasteiger partial charge >= 0.3 is 5.97 Å². The second-order valence-electron chi connectivity index (χ2n) is 4.35. The molecule has 2 aromatic heterocycles. The van der Waals surface area contributed by atoms with Gasteiger partial charge in [-0.3, -0.25) is 0 Å². The zero-order chi connectivity index (χ0) is 14.1. The summed E-state index contributed by atoms with van der Waals surface area (Å²) in [7, 11) is 0. The fraction of sp³-hybridized carbons (Fsp3) is 0.0714. The summed E-state index contributed by atoms with van der Waals surface area (Å²) >= 11 is 1.14. The van der Waals surface area contributed by atoms with Crippen molar-refractivity contribution in [3.63, 3.8) is 0 Å². The maximum Gasteiger partial charge on any atom is 0.345 e. The minimum atomic E-state index is -0.950. The number of carboxylic acids is 1. The highest BCUT2D eigenvalue weighted by Crippen LogP contribution is 2.29. The Morgan fingerprint density at radius 3 is 2.70 bits per heavy atom. The van der Waals surface area contributed by atoms with Gasteiger partial charge in [-0.2, -0.15) is 0 Å². The minimum Gasteiger partial charge on any atom is -0.477 e. The molecule has 0 bridgehead atoms. The van der Waals surface area contributed by atoms with Crippen LogP contribution in [0.3, 0.4) is 0 Å². The van der Waals surface area contributed by atoms with E-state index in [0.717, 1.165) is 22.4 Å². The van der Waals surface area contributed by atoms with Crippen LogP contribution in [-0.2, 0) is 0 Å². The Morgan fingerprint density at radius 1 is 1.25 bits per heavy atom. The van der Waals surface area contributed by atoms with Crippen molar-refractivity contribution in [2.45, 2.75) is 6.92 Å². The van der Waals surface area contributed by atoms with Crippen molar-refractivity contribution in [3.8, 4) is 0 Å². The number of carboxylic acid groups (broad SMARTS) is 1. The second-order valence-corrected chi connectivity index (χ2v) is 5.38. The topological polar surface area (TPSA) is 75.1 Å². The van der Waals surface area contributed by atoms with Crippen molar-refractivity contribution in [3.05, 3.63) is 47.1 Å². The van der Waals surface area contributed by atoms with Gasteiger partial charge in [0.25, 0.3) is 0 Å². The van der Waals surface area contributed by atoms with Gasteiger partial charge in [-0.05, 0) is 25.1 Å². The summed E-state index contributed by atoms with van der Waals surface area (Å²) in [6.07, 6.45) is 1.43. The Bertz CT molecular complexity index is 781. The van der Waals surface area contributed by atoms with Crippen LogP contribution < -0.4 is 5.32 Å². The maximum atomic E-state index is 11.0. The first-order valence-electron chi connectivity index (χ1n) is 5.95. The first-order valence-corrected chi connectivity index (χ1v) is 6.76. The molecular formula is C14H11N3O2S. The van der Waals surface area contributed by atoms with E-state index >= 15 is 0 Å². The predicted octanol–water partition coefficient (Wildman–Crippen LogP) is 3.44. The molecule has 0 saturated carbocycles. The second kappa shape index (κ2) is 4.90. The highest BCUT2D eigenvalue weighted by Gasteiger charge is 2.12. The lowest BCUT2D eigenvalue weighted by atomic mass is 10.2. The largest absolute Gasteiger partial charge is 0.477 e. The van der Waals surface area contributed by atoms with Gasteiger partial charge in [-0.25, -0.2) is 14.8 Å². The molecule has 0 spiro atoms. The van der Waals surface area contributed by atoms with Crippen molar-refractivity contribution < 1.29 is 9.90 Å². The third kappa shape index (κ3) is 2.33. The Morgan fingerprint density at radius 2 is 2.00 bits per heavy atom. The van der Waals surface area contributed by atoms with E-state index in [9.17, 15) is 4.79 Å². The van der Waals surface area contributed by atoms with E-state index < -0.39 is 5.97 Å². The van der Waals surface area contributed by atoms with E-state index in [4.69, 9.17) is 5.11 Å². The maximum absolute atomic E-state index is 11.0. The van der Waals surface area contributed by atoms with Gasteiger partial charge in [0.1, 0.15) is 21.9 Å². The number of aromatic carboxylic acids is 1. The zero-order valence-corrected chi connectivity index (χ0v) is 11.4. The predicted molar refractivity (Wildman–Crippen MR) is 78.8 cm³/mol. The lowest BCUT2D eigenvalue weighted by Gasteiger charge is -2.06. The summed E-state index contributed by atoms with van der Waals surface area (Å²) in [5.41, 5.74) is 2.07. The lowest BCUT2D eigenvalue weighted by Crippen LogP contribution is -1.94. The van der Waals surface area contributed by atoms with Crippen LogP contribution in [0.4, 0.5) is 11.5 Å². The number of benzene rings is 1. The van der Waals surface area contributed by atoms with Gasteiger partial charge in [-0.15, -0.1) is 11.3 Å². The van der Waals surface area contributed by atoms with Crippen LogP contribution in [0.2, 0.25) is 0 Å². The Labute approximate surface area is 118 Å². The summed E-state index contributed by atoms with van der Waals surface area (Å²) < 4.78 is 0. The average molecular weight is 285 g/mol. The number of fused-ring (bicyclic) bond motifs is 1. The summed E-state index contributed by atoms with van der Waals surface area (Å²) in [5.74, 6) is -0.336. The number of nitrogens with zero attached hydrogens (tertiary/aromatic N) is 2. The summed E-state index contributed by atoms with van der Waals surface area (Å²) in [4.78, 5) is 20.2. The monoisotopic (exact) mass is 285 g/mol. The number of hydrogen-bond donors (Lipinski definition) is 2. The molecule has 1 aromatic carbocycles. The SMILES string of the molecule is Cc1ccc(Nc2ncnc3sc(C(=O)O)cc23)cc1. The van der Waals surface area contributed by atoms with Crippen molar-refractivity contribution in [1.82, 2.24) is 9.97 Å². The van der Waals surface area contributed by atoms with Gasteiger partial charge in [0.05, 0.1) is 5.39 Å². The minimum absolute atomic E-state index is 0.257. The summed E-state index contributed by atoms with van der Waals surface area (Å²) in [5, 5.41) is 12.9. The summed E-state index contributed by atoms with van der Waals surface area (Å²) in [6, 6.07) is 9.49. The molecule has 6 heteroatoms. The van der Waals surface area contributed by atoms with E-state index in [1.165, 1.54) is 11.9 Å². The smallest absolute Gasteiger partial charge is 0.345 e. The normalized spacial score (nSPS) is 10.7. The fourth-order valence-corrected chi connectivity index (χ4v) is 2.67. The van der Waals surface area contributed by atoms with E-state index in [1.54, 1.807) is 6.07 Å². The lowest BCUT2D eigenvalue weighted by molar-refractivity contribution is 0.0702. The van der Waals surface area contributed by atoms with Crippen LogP contribution in [0.5, 0.6) is 0 Å². The van der Waals surface area contributed by atoms with Crippen LogP contribution in [0.15, 0.2) is 36.7 Å². The van der Waals surface area contributed by atoms with Crippen LogP contribution in [-0.4, -0.2) is 21.0 Å². The Kier molecular flexibility index (Phi) is 3.08. The molecule has 3 aromatic rings. The molecule has 0 aliphatic carbocycles. The zero-order valence-electron chi connectivity index (χ0n) is 10.6. The van der Waals surface area contributed by atoms with Gasteiger partial charge in [0.15, 0.2) is 0 Å². The van der Waals surface area contributed by atoms with Crippen LogP contribution >= 0.6 is 11.3 Å². The molecule has 3 rings (SSSR count). The molecule has 0 radical (unpaired) electrons. The average Bonchev–Trinajstić information content (AvgIpc) is 2.87. The van der Waals surface area contributed by atoms with E-state index in [1.807, 2.05) is 31.2 Å². The molecule has 20 heavy (non-hydrogen) atoms. The molecule has 0 atom stereocenters. The molecule has 2 N–H and O–H groups in total. The first kappa shape index (κ1) is 12.6. The molecule has 2 heterocycles. The Hall–Kier alpha value is -2.47. The van der Waals surface area contributed by atoms with Gasteiger partial charge in [-0.1, -0.05) is 17.7 Å². The molecule has 0 fully saturated rings. The van der Waals surface area contributed by atoms with Gasteiger partial charge < -0.3 is 10.4 Å². The number of aromatic nitrogens is 2. The fourth-order valence-electron chi connectivity index (χ4n) is 1.83. The van der Waals surface area contributed by atoms with Crippen LogP contribution in [0.1, 0.15) is 15.2 Å². The van der Waals surface area contributed by atoms with Crippen molar-refractivity contribution in [2.75, 3.05) is 5.32 Å². The number of nitrogens with one attached hydrogen (secondary N) is 1. The van der Waals surface area contributed by atoms with Gasteiger partial charge in [0, 0.05) is 5.69 Å². The molecular weight excluding hydrogens is 274 g/mol. The standard InChI is InChI=1S/C14H11N3O2S/c1-8-2-4-9(5-3-8)17-12-10-6-11(14(18)19)20-13(10)16-7-15-12/h2-7H,1H3,(H,18,19)(H,15,16,17). The summed E-state index contributed by atoms with van der Waals surface area (Å²) in [6.45, 7) is 2.02. The molecule has 100 valence electrons. The molecule has 0 unspecified atom stereocenters. The quantitative estimate of drug-likeness (QED) is 0.771. The molecule has 5 nitrogen and oxygen atoms in total. The molecule has 0 amide bonds. The number of carbonyl (C=O) groups is 1. The van der Waals surface area contributed by atoms with Crippen LogP contribution in [0.25, 0.3) is 10.2 Å². The number of aryl methyl sites for hydroxylation is 1. The first-order chi connectivity index (χ1) is 9.63. The van der Waals surface area contributed by atoms with Crippen molar-refractivity contribution >= 4 is 39.0 Å². The molecule has 0 aliphatic heterocycles. The highest BCUT2D eigenvalue weighted by molar-refractivity contribution is 7.20. The highest BCUT2D eigenvalue weighted by atomic mass is 32.1. The number of hydrogen-bond acceptors (Lipinski definition) is 5. The van der Waals surface area contributed by atoms with E-state index in [0.29, 0.717) is 10.6 Å². The molecule has 0 saturated heterocycles. The molecule has 0 aliphatic rings.